The predicted molar refractivity (Wildman–Crippen MR) is 75.6 cm³/mol. The number of anilines is 1. The van der Waals surface area contributed by atoms with E-state index in [1.54, 1.807) is 0 Å². The molecular formula is C13H12ClF2N3O2. The second kappa shape index (κ2) is 5.69. The smallest absolute Gasteiger partial charge is 0.330 e. The van der Waals surface area contributed by atoms with Crippen molar-refractivity contribution in [1.29, 1.82) is 0 Å². The number of benzene rings is 1. The minimum absolute atomic E-state index is 0.00983. The zero-order valence-electron chi connectivity index (χ0n) is 11.3. The molecule has 112 valence electrons. The van der Waals surface area contributed by atoms with E-state index in [9.17, 15) is 18.4 Å². The van der Waals surface area contributed by atoms with Crippen LogP contribution >= 0.6 is 11.6 Å². The topological polar surface area (TPSA) is 56.0 Å². The van der Waals surface area contributed by atoms with Gasteiger partial charge >= 0.3 is 5.69 Å². The van der Waals surface area contributed by atoms with Gasteiger partial charge in [-0.05, 0) is 6.07 Å². The minimum Gasteiger partial charge on any atom is -0.376 e. The molecule has 0 aliphatic rings. The lowest BCUT2D eigenvalue weighted by molar-refractivity contribution is 0.584. The van der Waals surface area contributed by atoms with Crippen LogP contribution in [0.3, 0.4) is 0 Å². The van der Waals surface area contributed by atoms with Crippen LogP contribution in [0, 0.1) is 11.6 Å². The molecule has 0 aliphatic heterocycles. The fourth-order valence-corrected chi connectivity index (χ4v) is 2.10. The lowest BCUT2D eigenvalue weighted by Crippen LogP contribution is -2.38. The van der Waals surface area contributed by atoms with Crippen molar-refractivity contribution < 1.29 is 8.78 Å². The van der Waals surface area contributed by atoms with Crippen molar-refractivity contribution in [2.24, 2.45) is 14.1 Å². The van der Waals surface area contributed by atoms with Crippen molar-refractivity contribution in [3.05, 3.63) is 61.4 Å². The molecule has 2 rings (SSSR count). The van der Waals surface area contributed by atoms with E-state index >= 15 is 0 Å². The number of hydrogen-bond acceptors (Lipinski definition) is 3. The Bertz CT molecular complexity index is 791. The van der Waals surface area contributed by atoms with Crippen LogP contribution in [0.1, 0.15) is 5.69 Å². The molecule has 0 spiro atoms. The highest BCUT2D eigenvalue weighted by Gasteiger charge is 2.11. The second-order valence-electron chi connectivity index (χ2n) is 4.47. The molecule has 2 aromatic rings. The second-order valence-corrected chi connectivity index (χ2v) is 4.88. The van der Waals surface area contributed by atoms with Gasteiger partial charge in [-0.25, -0.2) is 13.6 Å². The van der Waals surface area contributed by atoms with Crippen LogP contribution in [0.25, 0.3) is 0 Å². The fourth-order valence-electron chi connectivity index (χ4n) is 1.84. The van der Waals surface area contributed by atoms with Crippen molar-refractivity contribution in [1.82, 2.24) is 9.13 Å². The zero-order valence-corrected chi connectivity index (χ0v) is 12.0. The highest BCUT2D eigenvalue weighted by atomic mass is 35.5. The molecule has 1 aromatic carbocycles. The molecule has 0 amide bonds. The summed E-state index contributed by atoms with van der Waals surface area (Å²) in [5.74, 6) is -1.64. The molecule has 1 N–H and O–H groups in total. The lowest BCUT2D eigenvalue weighted by atomic mass is 10.2. The maximum absolute atomic E-state index is 13.6. The molecule has 5 nitrogen and oxygen atoms in total. The average Bonchev–Trinajstić information content (AvgIpc) is 2.40. The maximum atomic E-state index is 13.6. The first kappa shape index (κ1) is 15.2. The Morgan fingerprint density at radius 3 is 2.43 bits per heavy atom. The number of rotatable bonds is 3. The van der Waals surface area contributed by atoms with Crippen molar-refractivity contribution in [2.45, 2.75) is 6.54 Å². The molecule has 0 aliphatic carbocycles. The Balaban J connectivity index is 2.34. The molecule has 0 fully saturated rings. The standard InChI is InChI=1S/C13H12ClF2N3O2/c1-18-8(5-11(20)19(2)13(18)21)6-17-12-9(14)3-7(15)4-10(12)16/h3-5,17H,6H2,1-2H3. The predicted octanol–water partition coefficient (Wildman–Crippen LogP) is 1.63. The molecule has 8 heteroatoms. The molecule has 0 saturated heterocycles. The highest BCUT2D eigenvalue weighted by Crippen LogP contribution is 2.26. The highest BCUT2D eigenvalue weighted by molar-refractivity contribution is 6.33. The Hall–Kier alpha value is -2.15. The summed E-state index contributed by atoms with van der Waals surface area (Å²) >= 11 is 5.75. The van der Waals surface area contributed by atoms with Gasteiger partial charge in [-0.2, -0.15) is 0 Å². The number of nitrogens with one attached hydrogen (secondary N) is 1. The van der Waals surface area contributed by atoms with Crippen molar-refractivity contribution in [3.63, 3.8) is 0 Å². The molecule has 1 aromatic heterocycles. The fraction of sp³-hybridized carbons (Fsp3) is 0.231. The lowest BCUT2D eigenvalue weighted by Gasteiger charge is -2.13. The first-order valence-corrected chi connectivity index (χ1v) is 6.33. The summed E-state index contributed by atoms with van der Waals surface area (Å²) in [6.45, 7) is -0.00983. The van der Waals surface area contributed by atoms with E-state index < -0.39 is 22.9 Å². The van der Waals surface area contributed by atoms with Gasteiger partial charge in [-0.15, -0.1) is 0 Å². The summed E-state index contributed by atoms with van der Waals surface area (Å²) in [6, 6.07) is 2.91. The van der Waals surface area contributed by atoms with E-state index in [4.69, 9.17) is 11.6 Å². The third-order valence-electron chi connectivity index (χ3n) is 3.08. The van der Waals surface area contributed by atoms with Crippen molar-refractivity contribution >= 4 is 17.3 Å². The number of halogens is 3. The van der Waals surface area contributed by atoms with Crippen LogP contribution in [0.5, 0.6) is 0 Å². The molecule has 0 unspecified atom stereocenters. The summed E-state index contributed by atoms with van der Waals surface area (Å²) in [5, 5.41) is 2.53. The summed E-state index contributed by atoms with van der Waals surface area (Å²) < 4.78 is 28.8. The Kier molecular flexibility index (Phi) is 4.13. The molecule has 0 atom stereocenters. The van der Waals surface area contributed by atoms with Gasteiger partial charge in [0, 0.05) is 31.9 Å². The Morgan fingerprint density at radius 1 is 1.14 bits per heavy atom. The number of hydrogen-bond donors (Lipinski definition) is 1. The minimum atomic E-state index is -0.853. The average molecular weight is 316 g/mol. The van der Waals surface area contributed by atoms with Crippen LogP contribution < -0.4 is 16.6 Å². The Morgan fingerprint density at radius 2 is 1.81 bits per heavy atom. The molecule has 0 bridgehead atoms. The summed E-state index contributed by atoms with van der Waals surface area (Å²) in [7, 11) is 2.85. The summed E-state index contributed by atoms with van der Waals surface area (Å²) in [5.41, 5.74) is -0.709. The monoisotopic (exact) mass is 315 g/mol. The van der Waals surface area contributed by atoms with Gasteiger partial charge in [0.15, 0.2) is 5.82 Å². The first-order valence-electron chi connectivity index (χ1n) is 5.95. The summed E-state index contributed by atoms with van der Waals surface area (Å²) in [6.07, 6.45) is 0. The van der Waals surface area contributed by atoms with Crippen LogP contribution in [0.15, 0.2) is 27.8 Å². The van der Waals surface area contributed by atoms with E-state index in [1.807, 2.05) is 0 Å². The molecule has 1 heterocycles. The van der Waals surface area contributed by atoms with Crippen LogP contribution in [0.2, 0.25) is 5.02 Å². The van der Waals surface area contributed by atoms with E-state index in [0.29, 0.717) is 11.8 Å². The van der Waals surface area contributed by atoms with E-state index in [2.05, 4.69) is 5.32 Å². The third kappa shape index (κ3) is 2.97. The SMILES string of the molecule is Cn1c(CNc2c(F)cc(F)cc2Cl)cc(=O)n(C)c1=O. The number of aromatic nitrogens is 2. The van der Waals surface area contributed by atoms with Gasteiger partial charge < -0.3 is 5.32 Å². The van der Waals surface area contributed by atoms with Gasteiger partial charge in [-0.1, -0.05) is 11.6 Å². The van der Waals surface area contributed by atoms with Gasteiger partial charge in [0.1, 0.15) is 5.82 Å². The van der Waals surface area contributed by atoms with E-state index in [-0.39, 0.29) is 17.3 Å². The van der Waals surface area contributed by atoms with Gasteiger partial charge in [-0.3, -0.25) is 13.9 Å². The van der Waals surface area contributed by atoms with Crippen LogP contribution in [-0.2, 0) is 20.6 Å². The summed E-state index contributed by atoms with van der Waals surface area (Å²) in [4.78, 5) is 23.3. The maximum Gasteiger partial charge on any atom is 0.330 e. The largest absolute Gasteiger partial charge is 0.376 e. The van der Waals surface area contributed by atoms with Gasteiger partial charge in [0.05, 0.1) is 17.3 Å². The van der Waals surface area contributed by atoms with Gasteiger partial charge in [0.2, 0.25) is 0 Å². The third-order valence-corrected chi connectivity index (χ3v) is 3.38. The normalized spacial score (nSPS) is 10.7. The zero-order chi connectivity index (χ0) is 15.7. The molecule has 0 radical (unpaired) electrons. The van der Waals surface area contributed by atoms with Crippen molar-refractivity contribution in [2.75, 3.05) is 5.32 Å². The molecule has 21 heavy (non-hydrogen) atoms. The molecular weight excluding hydrogens is 304 g/mol. The number of nitrogens with zero attached hydrogens (tertiary/aromatic N) is 2. The van der Waals surface area contributed by atoms with Crippen LogP contribution in [0.4, 0.5) is 14.5 Å². The van der Waals surface area contributed by atoms with Crippen molar-refractivity contribution in [3.8, 4) is 0 Å². The quantitative estimate of drug-likeness (QED) is 0.936. The van der Waals surface area contributed by atoms with E-state index in [0.717, 1.165) is 10.6 Å². The Labute approximate surface area is 123 Å². The molecule has 0 saturated carbocycles. The van der Waals surface area contributed by atoms with Crippen LogP contribution in [-0.4, -0.2) is 9.13 Å². The van der Waals surface area contributed by atoms with Gasteiger partial charge in [0.25, 0.3) is 5.56 Å². The first-order chi connectivity index (χ1) is 9.81. The van der Waals surface area contributed by atoms with E-state index in [1.165, 1.54) is 24.7 Å².